The van der Waals surface area contributed by atoms with E-state index >= 15 is 0 Å². The Morgan fingerprint density at radius 2 is 1.20 bits per heavy atom. The molecule has 2 atom stereocenters. The number of aliphatic hydroxyl groups is 1. The molecular weight excluding hydrogens is 316 g/mol. The summed E-state index contributed by atoms with van der Waals surface area (Å²) in [6, 6.07) is 19.7. The first-order valence-corrected chi connectivity index (χ1v) is 8.41. The van der Waals surface area contributed by atoms with E-state index in [0.717, 1.165) is 22.6 Å². The molecule has 0 bridgehead atoms. The van der Waals surface area contributed by atoms with Crippen LogP contribution >= 0.6 is 0 Å². The molecule has 2 aromatic rings. The average molecular weight is 336 g/mol. The number of hydrogen-bond donors (Lipinski definition) is 1. The Morgan fingerprint density at radius 3 is 1.60 bits per heavy atom. The molecule has 2 heterocycles. The molecule has 128 valence electrons. The third-order valence-corrected chi connectivity index (χ3v) is 5.02. The van der Waals surface area contributed by atoms with Gasteiger partial charge in [-0.05, 0) is 18.1 Å². The Bertz CT molecular complexity index is 733. The van der Waals surface area contributed by atoms with Crippen molar-refractivity contribution in [1.82, 2.24) is 0 Å². The molecule has 0 spiro atoms. The van der Waals surface area contributed by atoms with Gasteiger partial charge < -0.3 is 14.8 Å². The SMILES string of the molecule is CC(O)(C1CON=C1c1ccccc1)C1CON=C1c1ccccc1. The number of nitrogens with zero attached hydrogens (tertiary/aromatic N) is 2. The fourth-order valence-corrected chi connectivity index (χ4v) is 3.51. The highest BCUT2D eigenvalue weighted by atomic mass is 16.6. The second kappa shape index (κ2) is 6.33. The third kappa shape index (κ3) is 2.81. The van der Waals surface area contributed by atoms with Crippen LogP contribution in [0.3, 0.4) is 0 Å². The zero-order valence-corrected chi connectivity index (χ0v) is 14.0. The number of hydrogen-bond acceptors (Lipinski definition) is 5. The summed E-state index contributed by atoms with van der Waals surface area (Å²) in [5.41, 5.74) is 2.36. The van der Waals surface area contributed by atoms with Gasteiger partial charge in [-0.1, -0.05) is 71.0 Å². The molecule has 2 unspecified atom stereocenters. The monoisotopic (exact) mass is 336 g/mol. The molecule has 0 aliphatic carbocycles. The van der Waals surface area contributed by atoms with E-state index in [1.807, 2.05) is 67.6 Å². The molecule has 2 aliphatic rings. The van der Waals surface area contributed by atoms with Gasteiger partial charge in [0, 0.05) is 0 Å². The zero-order chi connectivity index (χ0) is 17.3. The lowest BCUT2D eigenvalue weighted by molar-refractivity contribution is -0.0382. The summed E-state index contributed by atoms with van der Waals surface area (Å²) in [6.45, 7) is 2.51. The third-order valence-electron chi connectivity index (χ3n) is 5.02. The van der Waals surface area contributed by atoms with E-state index in [-0.39, 0.29) is 11.8 Å². The molecule has 0 fully saturated rings. The van der Waals surface area contributed by atoms with Gasteiger partial charge in [0.05, 0.1) is 28.9 Å². The van der Waals surface area contributed by atoms with Gasteiger partial charge in [-0.15, -0.1) is 0 Å². The largest absolute Gasteiger partial charge is 0.395 e. The lowest BCUT2D eigenvalue weighted by atomic mass is 9.72. The van der Waals surface area contributed by atoms with Gasteiger partial charge in [0.2, 0.25) is 0 Å². The van der Waals surface area contributed by atoms with Crippen LogP contribution in [0.15, 0.2) is 71.0 Å². The lowest BCUT2D eigenvalue weighted by Crippen LogP contribution is -2.50. The molecule has 2 aliphatic heterocycles. The molecule has 0 radical (unpaired) electrons. The van der Waals surface area contributed by atoms with Crippen molar-refractivity contribution in [2.24, 2.45) is 22.1 Å². The highest BCUT2D eigenvalue weighted by molar-refractivity contribution is 6.06. The predicted octanol–water partition coefficient (Wildman–Crippen LogP) is 2.84. The van der Waals surface area contributed by atoms with Crippen molar-refractivity contribution < 1.29 is 14.8 Å². The minimum Gasteiger partial charge on any atom is -0.395 e. The second-order valence-corrected chi connectivity index (χ2v) is 6.61. The van der Waals surface area contributed by atoms with Gasteiger partial charge in [-0.25, -0.2) is 0 Å². The fourth-order valence-electron chi connectivity index (χ4n) is 3.51. The predicted molar refractivity (Wildman–Crippen MR) is 95.5 cm³/mol. The topological polar surface area (TPSA) is 63.4 Å². The summed E-state index contributed by atoms with van der Waals surface area (Å²) in [4.78, 5) is 10.7. The molecule has 5 nitrogen and oxygen atoms in total. The summed E-state index contributed by atoms with van der Waals surface area (Å²) >= 11 is 0. The van der Waals surface area contributed by atoms with Crippen LogP contribution in [0.25, 0.3) is 0 Å². The van der Waals surface area contributed by atoms with Gasteiger partial charge >= 0.3 is 0 Å². The first-order chi connectivity index (χ1) is 12.2. The second-order valence-electron chi connectivity index (χ2n) is 6.61. The smallest absolute Gasteiger partial charge is 0.128 e. The van der Waals surface area contributed by atoms with Crippen LogP contribution in [0.1, 0.15) is 18.1 Å². The summed E-state index contributed by atoms with van der Waals surface area (Å²) in [7, 11) is 0. The molecule has 25 heavy (non-hydrogen) atoms. The van der Waals surface area contributed by atoms with Gasteiger partial charge in [0.25, 0.3) is 0 Å². The number of rotatable bonds is 4. The fraction of sp³-hybridized carbons (Fsp3) is 0.300. The van der Waals surface area contributed by atoms with Crippen LogP contribution in [-0.2, 0) is 9.68 Å². The van der Waals surface area contributed by atoms with Crippen LogP contribution in [0.2, 0.25) is 0 Å². The van der Waals surface area contributed by atoms with E-state index in [4.69, 9.17) is 9.68 Å². The van der Waals surface area contributed by atoms with E-state index in [0.29, 0.717) is 13.2 Å². The van der Waals surface area contributed by atoms with Crippen molar-refractivity contribution in [2.45, 2.75) is 12.5 Å². The zero-order valence-electron chi connectivity index (χ0n) is 14.0. The molecule has 4 rings (SSSR count). The van der Waals surface area contributed by atoms with Crippen molar-refractivity contribution in [3.63, 3.8) is 0 Å². The van der Waals surface area contributed by atoms with Crippen molar-refractivity contribution in [2.75, 3.05) is 13.2 Å². The average Bonchev–Trinajstić information content (AvgIpc) is 3.33. The minimum absolute atomic E-state index is 0.254. The lowest BCUT2D eigenvalue weighted by Gasteiger charge is -2.34. The van der Waals surface area contributed by atoms with Crippen LogP contribution in [0.5, 0.6) is 0 Å². The van der Waals surface area contributed by atoms with E-state index in [1.165, 1.54) is 0 Å². The maximum absolute atomic E-state index is 11.5. The molecule has 2 aromatic carbocycles. The maximum Gasteiger partial charge on any atom is 0.128 e. The van der Waals surface area contributed by atoms with Crippen LogP contribution < -0.4 is 0 Å². The molecular formula is C20H20N2O3. The van der Waals surface area contributed by atoms with Gasteiger partial charge in [0.1, 0.15) is 13.2 Å². The Kier molecular flexibility index (Phi) is 4.01. The molecule has 0 saturated heterocycles. The molecule has 0 aromatic heterocycles. The van der Waals surface area contributed by atoms with Crippen molar-refractivity contribution >= 4 is 11.4 Å². The highest BCUT2D eigenvalue weighted by Crippen LogP contribution is 2.37. The van der Waals surface area contributed by atoms with Crippen LogP contribution in [0.4, 0.5) is 0 Å². The molecule has 0 amide bonds. The Labute approximate surface area is 146 Å². The quantitative estimate of drug-likeness (QED) is 0.934. The Morgan fingerprint density at radius 1 is 0.800 bits per heavy atom. The van der Waals surface area contributed by atoms with E-state index < -0.39 is 5.60 Å². The van der Waals surface area contributed by atoms with Gasteiger partial charge in [-0.2, -0.15) is 0 Å². The first-order valence-electron chi connectivity index (χ1n) is 8.41. The number of oxime groups is 2. The first kappa shape index (κ1) is 15.8. The Hall–Kier alpha value is -2.66. The number of benzene rings is 2. The van der Waals surface area contributed by atoms with Crippen LogP contribution in [0, 0.1) is 11.8 Å². The van der Waals surface area contributed by atoms with E-state index in [2.05, 4.69) is 10.3 Å². The molecule has 0 saturated carbocycles. The molecule has 1 N–H and O–H groups in total. The van der Waals surface area contributed by atoms with Gasteiger partial charge in [0.15, 0.2) is 0 Å². The van der Waals surface area contributed by atoms with Gasteiger partial charge in [-0.3, -0.25) is 0 Å². The summed E-state index contributed by atoms with van der Waals surface area (Å²) in [5.74, 6) is -0.508. The minimum atomic E-state index is -1.10. The summed E-state index contributed by atoms with van der Waals surface area (Å²) < 4.78 is 0. The van der Waals surface area contributed by atoms with E-state index in [1.54, 1.807) is 0 Å². The van der Waals surface area contributed by atoms with Crippen molar-refractivity contribution in [3.8, 4) is 0 Å². The summed E-state index contributed by atoms with van der Waals surface area (Å²) in [5, 5.41) is 19.9. The van der Waals surface area contributed by atoms with Crippen molar-refractivity contribution in [3.05, 3.63) is 71.8 Å². The standard InChI is InChI=1S/C20H20N2O3/c1-20(23,16-12-24-21-18(16)14-8-4-2-5-9-14)17-13-25-22-19(17)15-10-6-3-7-11-15/h2-11,16-17,23H,12-13H2,1H3. The van der Waals surface area contributed by atoms with E-state index in [9.17, 15) is 5.11 Å². The maximum atomic E-state index is 11.5. The molecule has 5 heteroatoms. The highest BCUT2D eigenvalue weighted by Gasteiger charge is 2.49. The normalized spacial score (nSPS) is 24.7. The van der Waals surface area contributed by atoms with Crippen LogP contribution in [-0.4, -0.2) is 35.3 Å². The Balaban J connectivity index is 1.65. The summed E-state index contributed by atoms with van der Waals surface area (Å²) in [6.07, 6.45) is 0. The van der Waals surface area contributed by atoms with Crippen molar-refractivity contribution in [1.29, 1.82) is 0 Å².